The molecule has 1 aliphatic heterocycles. The lowest BCUT2D eigenvalue weighted by molar-refractivity contribution is -0.384. The maximum atomic E-state index is 12.7. The molecule has 1 fully saturated rings. The van der Waals surface area contributed by atoms with Crippen LogP contribution in [0.15, 0.2) is 53.4 Å². The Morgan fingerprint density at radius 1 is 1.17 bits per heavy atom. The van der Waals surface area contributed by atoms with Crippen LogP contribution in [-0.2, 0) is 4.79 Å². The van der Waals surface area contributed by atoms with Gasteiger partial charge in [-0.3, -0.25) is 19.8 Å². The number of para-hydroxylation sites is 1. The Morgan fingerprint density at radius 2 is 1.83 bits per heavy atom. The topological polar surface area (TPSA) is 63.5 Å². The van der Waals surface area contributed by atoms with Crippen LogP contribution in [0, 0.1) is 17.0 Å². The zero-order chi connectivity index (χ0) is 17.3. The number of hydrogen-bond donors (Lipinski definition) is 0. The third kappa shape index (κ3) is 3.08. The van der Waals surface area contributed by atoms with Crippen LogP contribution in [0.2, 0.25) is 0 Å². The first-order valence-electron chi connectivity index (χ1n) is 7.05. The van der Waals surface area contributed by atoms with Crippen LogP contribution < -0.4 is 4.90 Å². The summed E-state index contributed by atoms with van der Waals surface area (Å²) in [5.41, 5.74) is 2.46. The van der Waals surface area contributed by atoms with Crippen molar-refractivity contribution < 1.29 is 9.72 Å². The van der Waals surface area contributed by atoms with E-state index >= 15 is 0 Å². The summed E-state index contributed by atoms with van der Waals surface area (Å²) in [6.45, 7) is 1.92. The molecule has 0 N–H and O–H groups in total. The fourth-order valence-electron chi connectivity index (χ4n) is 2.33. The fourth-order valence-corrected chi connectivity index (χ4v) is 3.62. The van der Waals surface area contributed by atoms with Crippen molar-refractivity contribution in [1.82, 2.24) is 0 Å². The molecule has 0 spiro atoms. The van der Waals surface area contributed by atoms with Crippen LogP contribution in [0.1, 0.15) is 11.1 Å². The molecule has 5 nitrogen and oxygen atoms in total. The van der Waals surface area contributed by atoms with Crippen molar-refractivity contribution in [1.29, 1.82) is 0 Å². The van der Waals surface area contributed by atoms with Crippen molar-refractivity contribution in [3.05, 3.63) is 74.7 Å². The van der Waals surface area contributed by atoms with Gasteiger partial charge in [0.2, 0.25) is 0 Å². The number of carbonyl (C=O) groups excluding carboxylic acids is 1. The minimum Gasteiger partial charge on any atom is -0.268 e. The van der Waals surface area contributed by atoms with Crippen molar-refractivity contribution >= 4 is 51.7 Å². The molecule has 2 aromatic rings. The predicted molar refractivity (Wildman–Crippen MR) is 99.9 cm³/mol. The number of benzene rings is 2. The molecule has 0 saturated carbocycles. The van der Waals surface area contributed by atoms with Gasteiger partial charge >= 0.3 is 0 Å². The number of nitro benzene ring substituents is 1. The van der Waals surface area contributed by atoms with Crippen molar-refractivity contribution in [2.45, 2.75) is 6.92 Å². The van der Waals surface area contributed by atoms with E-state index in [1.165, 1.54) is 28.8 Å². The summed E-state index contributed by atoms with van der Waals surface area (Å²) in [4.78, 5) is 24.9. The van der Waals surface area contributed by atoms with Gasteiger partial charge < -0.3 is 0 Å². The largest absolute Gasteiger partial charge is 0.270 e. The van der Waals surface area contributed by atoms with Crippen LogP contribution in [0.5, 0.6) is 0 Å². The highest BCUT2D eigenvalue weighted by Gasteiger charge is 2.33. The van der Waals surface area contributed by atoms with Crippen LogP contribution >= 0.6 is 24.0 Å². The smallest absolute Gasteiger partial charge is 0.268 e. The van der Waals surface area contributed by atoms with E-state index in [0.29, 0.717) is 14.8 Å². The van der Waals surface area contributed by atoms with Gasteiger partial charge in [0.25, 0.3) is 11.6 Å². The molecule has 0 bridgehead atoms. The van der Waals surface area contributed by atoms with Gasteiger partial charge in [0.1, 0.15) is 0 Å². The molecular formula is C17H12N2O3S2. The normalized spacial score (nSPS) is 16.0. The number of anilines is 1. The Labute approximate surface area is 148 Å². The first-order valence-corrected chi connectivity index (χ1v) is 8.28. The summed E-state index contributed by atoms with van der Waals surface area (Å²) in [5, 5.41) is 10.7. The fraction of sp³-hybridized carbons (Fsp3) is 0.0588. The number of hydrogen-bond acceptors (Lipinski definition) is 5. The Balaban J connectivity index is 1.91. The zero-order valence-corrected chi connectivity index (χ0v) is 14.3. The molecule has 1 heterocycles. The first kappa shape index (κ1) is 16.4. The summed E-state index contributed by atoms with van der Waals surface area (Å²) < 4.78 is 0.475. The second-order valence-corrected chi connectivity index (χ2v) is 6.83. The van der Waals surface area contributed by atoms with Crippen molar-refractivity contribution in [3.63, 3.8) is 0 Å². The zero-order valence-electron chi connectivity index (χ0n) is 12.6. The van der Waals surface area contributed by atoms with E-state index in [9.17, 15) is 14.9 Å². The van der Waals surface area contributed by atoms with E-state index in [2.05, 4.69) is 0 Å². The molecule has 2 aromatic carbocycles. The SMILES string of the molecule is Cc1ccccc1N1C(=O)C(=Cc2ccc([N+](=O)[O-])cc2)SC1=S. The van der Waals surface area contributed by atoms with E-state index in [0.717, 1.165) is 11.3 Å². The predicted octanol–water partition coefficient (Wildman–Crippen LogP) is 4.31. The molecule has 0 unspecified atom stereocenters. The highest BCUT2D eigenvalue weighted by atomic mass is 32.2. The van der Waals surface area contributed by atoms with E-state index in [1.54, 1.807) is 18.2 Å². The van der Waals surface area contributed by atoms with Gasteiger partial charge in [-0.15, -0.1) is 0 Å². The number of aryl methyl sites for hydroxylation is 1. The minimum absolute atomic E-state index is 0.0135. The van der Waals surface area contributed by atoms with E-state index in [4.69, 9.17) is 12.2 Å². The van der Waals surface area contributed by atoms with Crippen molar-refractivity contribution in [3.8, 4) is 0 Å². The summed E-state index contributed by atoms with van der Waals surface area (Å²) in [7, 11) is 0. The third-order valence-electron chi connectivity index (χ3n) is 3.55. The number of nitrogens with zero attached hydrogens (tertiary/aromatic N) is 2. The Morgan fingerprint density at radius 3 is 2.46 bits per heavy atom. The maximum Gasteiger partial charge on any atom is 0.270 e. The van der Waals surface area contributed by atoms with Gasteiger partial charge in [-0.25, -0.2) is 0 Å². The maximum absolute atomic E-state index is 12.7. The number of non-ortho nitro benzene ring substituents is 1. The Hall–Kier alpha value is -2.51. The van der Waals surface area contributed by atoms with Crippen LogP contribution in [0.3, 0.4) is 0 Å². The van der Waals surface area contributed by atoms with Gasteiger partial charge in [-0.2, -0.15) is 0 Å². The average molecular weight is 356 g/mol. The molecular weight excluding hydrogens is 344 g/mol. The van der Waals surface area contributed by atoms with Crippen LogP contribution in [0.25, 0.3) is 6.08 Å². The number of thioether (sulfide) groups is 1. The molecule has 120 valence electrons. The van der Waals surface area contributed by atoms with Gasteiger partial charge in [-0.05, 0) is 42.3 Å². The van der Waals surface area contributed by atoms with Gasteiger partial charge in [0.15, 0.2) is 4.32 Å². The summed E-state index contributed by atoms with van der Waals surface area (Å²) in [6.07, 6.45) is 1.70. The quantitative estimate of drug-likeness (QED) is 0.355. The number of nitro groups is 1. The summed E-state index contributed by atoms with van der Waals surface area (Å²) >= 11 is 6.57. The second-order valence-electron chi connectivity index (χ2n) is 5.15. The minimum atomic E-state index is -0.457. The Kier molecular flexibility index (Phi) is 4.46. The number of carbonyl (C=O) groups is 1. The molecule has 1 amide bonds. The molecule has 0 atom stereocenters. The molecule has 0 aliphatic carbocycles. The molecule has 1 saturated heterocycles. The van der Waals surface area contributed by atoms with Crippen molar-refractivity contribution in [2.75, 3.05) is 4.90 Å². The lowest BCUT2D eigenvalue weighted by atomic mass is 10.1. The van der Waals surface area contributed by atoms with Gasteiger partial charge in [-0.1, -0.05) is 42.2 Å². The van der Waals surface area contributed by atoms with Crippen LogP contribution in [-0.4, -0.2) is 15.2 Å². The number of thiocarbonyl (C=S) groups is 1. The molecule has 0 radical (unpaired) electrons. The average Bonchev–Trinajstić information content (AvgIpc) is 2.83. The summed E-state index contributed by atoms with van der Waals surface area (Å²) in [5.74, 6) is -0.183. The van der Waals surface area contributed by atoms with E-state index < -0.39 is 4.92 Å². The van der Waals surface area contributed by atoms with Crippen LogP contribution in [0.4, 0.5) is 11.4 Å². The lowest BCUT2D eigenvalue weighted by Gasteiger charge is -2.16. The van der Waals surface area contributed by atoms with E-state index in [1.807, 2.05) is 31.2 Å². The van der Waals surface area contributed by atoms with Gasteiger partial charge in [0.05, 0.1) is 15.5 Å². The summed E-state index contributed by atoms with van der Waals surface area (Å²) in [6, 6.07) is 13.6. The molecule has 24 heavy (non-hydrogen) atoms. The lowest BCUT2D eigenvalue weighted by Crippen LogP contribution is -2.28. The molecule has 1 aliphatic rings. The second kappa shape index (κ2) is 6.54. The molecule has 7 heteroatoms. The molecule has 3 rings (SSSR count). The molecule has 0 aromatic heterocycles. The monoisotopic (exact) mass is 356 g/mol. The highest BCUT2D eigenvalue weighted by molar-refractivity contribution is 8.27. The third-order valence-corrected chi connectivity index (χ3v) is 4.85. The first-order chi connectivity index (χ1) is 11.5. The van der Waals surface area contributed by atoms with Crippen molar-refractivity contribution in [2.24, 2.45) is 0 Å². The Bertz CT molecular complexity index is 876. The van der Waals surface area contributed by atoms with Gasteiger partial charge in [0, 0.05) is 12.1 Å². The number of amides is 1. The number of rotatable bonds is 3. The standard InChI is InChI=1S/C17H12N2O3S2/c1-11-4-2-3-5-14(11)18-16(20)15(24-17(18)23)10-12-6-8-13(9-7-12)19(21)22/h2-10H,1H3. The van der Waals surface area contributed by atoms with E-state index in [-0.39, 0.29) is 11.6 Å². The highest BCUT2D eigenvalue weighted by Crippen LogP contribution is 2.37.